The van der Waals surface area contributed by atoms with Gasteiger partial charge in [-0.25, -0.2) is 8.42 Å². The standard InChI is InChI=1S/C22H26N2O3S/c1-15-8-10-18(22(25)23-20-13-16-9-11-17(20)12-16)14-21(15)24(2)28(26,27)19-6-4-3-5-7-19/h3-8,10,14,16-17,20H,9,11-13H2,1-2H3,(H,23,25)/t16?,17?,20-/m1/s1. The van der Waals surface area contributed by atoms with Crippen molar-refractivity contribution in [2.24, 2.45) is 11.8 Å². The zero-order chi connectivity index (χ0) is 19.9. The summed E-state index contributed by atoms with van der Waals surface area (Å²) >= 11 is 0. The molecule has 6 heteroatoms. The second kappa shape index (κ2) is 7.24. The van der Waals surface area contributed by atoms with E-state index in [1.54, 1.807) is 42.5 Å². The van der Waals surface area contributed by atoms with Crippen LogP contribution in [0.25, 0.3) is 0 Å². The molecule has 3 atom stereocenters. The van der Waals surface area contributed by atoms with Gasteiger partial charge in [0.2, 0.25) is 0 Å². The lowest BCUT2D eigenvalue weighted by atomic mass is 9.95. The van der Waals surface area contributed by atoms with Crippen LogP contribution in [0.2, 0.25) is 0 Å². The molecule has 2 aliphatic carbocycles. The molecule has 28 heavy (non-hydrogen) atoms. The third-order valence-electron chi connectivity index (χ3n) is 6.27. The Bertz CT molecular complexity index is 988. The maximum atomic E-state index is 13.0. The van der Waals surface area contributed by atoms with Crippen molar-refractivity contribution in [1.29, 1.82) is 0 Å². The van der Waals surface area contributed by atoms with E-state index < -0.39 is 10.0 Å². The quantitative estimate of drug-likeness (QED) is 0.834. The van der Waals surface area contributed by atoms with Crippen LogP contribution in [0, 0.1) is 18.8 Å². The van der Waals surface area contributed by atoms with Crippen LogP contribution in [0.4, 0.5) is 5.69 Å². The number of anilines is 1. The number of carbonyl (C=O) groups is 1. The molecule has 2 fully saturated rings. The zero-order valence-electron chi connectivity index (χ0n) is 16.3. The smallest absolute Gasteiger partial charge is 0.264 e. The van der Waals surface area contributed by atoms with Crippen LogP contribution in [0.3, 0.4) is 0 Å². The number of amides is 1. The Balaban J connectivity index is 1.57. The first-order valence-corrected chi connectivity index (χ1v) is 11.3. The van der Waals surface area contributed by atoms with Gasteiger partial charge >= 0.3 is 0 Å². The van der Waals surface area contributed by atoms with Crippen molar-refractivity contribution in [3.05, 3.63) is 59.7 Å². The molecule has 148 valence electrons. The topological polar surface area (TPSA) is 66.5 Å². The van der Waals surface area contributed by atoms with Crippen molar-refractivity contribution in [1.82, 2.24) is 5.32 Å². The third-order valence-corrected chi connectivity index (χ3v) is 8.05. The van der Waals surface area contributed by atoms with Crippen LogP contribution in [0.15, 0.2) is 53.4 Å². The fourth-order valence-corrected chi connectivity index (χ4v) is 5.92. The number of sulfonamides is 1. The van der Waals surface area contributed by atoms with E-state index in [4.69, 9.17) is 0 Å². The number of hydrogen-bond acceptors (Lipinski definition) is 3. The van der Waals surface area contributed by atoms with Crippen LogP contribution >= 0.6 is 0 Å². The lowest BCUT2D eigenvalue weighted by molar-refractivity contribution is 0.0923. The molecule has 0 spiro atoms. The number of carbonyl (C=O) groups excluding carboxylic acids is 1. The van der Waals surface area contributed by atoms with Crippen molar-refractivity contribution in [3.63, 3.8) is 0 Å². The molecule has 2 bridgehead atoms. The number of aryl methyl sites for hydroxylation is 1. The SMILES string of the molecule is Cc1ccc(C(=O)N[C@@H]2CC3CCC2C3)cc1N(C)S(=O)(=O)c1ccccc1. The minimum atomic E-state index is -3.68. The number of hydrogen-bond donors (Lipinski definition) is 1. The highest BCUT2D eigenvalue weighted by Gasteiger charge is 2.40. The van der Waals surface area contributed by atoms with Crippen molar-refractivity contribution in [2.75, 3.05) is 11.4 Å². The zero-order valence-corrected chi connectivity index (χ0v) is 17.1. The summed E-state index contributed by atoms with van der Waals surface area (Å²) in [6.07, 6.45) is 4.78. The Morgan fingerprint density at radius 3 is 2.46 bits per heavy atom. The van der Waals surface area contributed by atoms with Crippen molar-refractivity contribution in [2.45, 2.75) is 43.5 Å². The molecule has 1 N–H and O–H groups in total. The molecule has 0 radical (unpaired) electrons. The fourth-order valence-electron chi connectivity index (χ4n) is 4.64. The van der Waals surface area contributed by atoms with Gasteiger partial charge < -0.3 is 5.32 Å². The van der Waals surface area contributed by atoms with Gasteiger partial charge in [-0.15, -0.1) is 0 Å². The molecule has 2 saturated carbocycles. The molecule has 5 nitrogen and oxygen atoms in total. The number of benzene rings is 2. The lowest BCUT2D eigenvalue weighted by Gasteiger charge is -2.24. The Kier molecular flexibility index (Phi) is 4.91. The summed E-state index contributed by atoms with van der Waals surface area (Å²) in [5.74, 6) is 1.23. The first kappa shape index (κ1) is 19.0. The summed E-state index contributed by atoms with van der Waals surface area (Å²) in [6, 6.07) is 13.8. The molecule has 2 unspecified atom stereocenters. The van der Waals surface area contributed by atoms with Crippen LogP contribution < -0.4 is 9.62 Å². The maximum absolute atomic E-state index is 13.0. The van der Waals surface area contributed by atoms with Gasteiger partial charge in [-0.05, 0) is 67.9 Å². The highest BCUT2D eigenvalue weighted by Crippen LogP contribution is 2.44. The van der Waals surface area contributed by atoms with Gasteiger partial charge in [-0.3, -0.25) is 9.10 Å². The van der Waals surface area contributed by atoms with Crippen LogP contribution in [0.5, 0.6) is 0 Å². The lowest BCUT2D eigenvalue weighted by Crippen LogP contribution is -2.38. The molecule has 2 aliphatic rings. The van der Waals surface area contributed by atoms with E-state index in [0.29, 0.717) is 17.2 Å². The summed E-state index contributed by atoms with van der Waals surface area (Å²) in [4.78, 5) is 13.0. The Morgan fingerprint density at radius 1 is 1.07 bits per heavy atom. The van der Waals surface area contributed by atoms with Gasteiger partial charge in [-0.2, -0.15) is 0 Å². The maximum Gasteiger partial charge on any atom is 0.264 e. The minimum Gasteiger partial charge on any atom is -0.349 e. The summed E-state index contributed by atoms with van der Waals surface area (Å²) < 4.78 is 27.2. The second-order valence-corrected chi connectivity index (χ2v) is 10.0. The van der Waals surface area contributed by atoms with E-state index in [-0.39, 0.29) is 16.8 Å². The van der Waals surface area contributed by atoms with E-state index in [1.165, 1.54) is 30.6 Å². The Labute approximate surface area is 166 Å². The molecular weight excluding hydrogens is 372 g/mol. The molecule has 2 aromatic rings. The monoisotopic (exact) mass is 398 g/mol. The predicted molar refractivity (Wildman–Crippen MR) is 110 cm³/mol. The largest absolute Gasteiger partial charge is 0.349 e. The summed E-state index contributed by atoms with van der Waals surface area (Å²) in [7, 11) is -2.15. The molecule has 2 aromatic carbocycles. The average Bonchev–Trinajstić information content (AvgIpc) is 3.31. The van der Waals surface area contributed by atoms with Crippen molar-refractivity contribution in [3.8, 4) is 0 Å². The van der Waals surface area contributed by atoms with Crippen molar-refractivity contribution < 1.29 is 13.2 Å². The molecule has 1 amide bonds. The Hall–Kier alpha value is -2.34. The highest BCUT2D eigenvalue weighted by molar-refractivity contribution is 7.92. The van der Waals surface area contributed by atoms with Crippen molar-refractivity contribution >= 4 is 21.6 Å². The highest BCUT2D eigenvalue weighted by atomic mass is 32.2. The third kappa shape index (κ3) is 3.41. The van der Waals surface area contributed by atoms with Gasteiger partial charge in [0.25, 0.3) is 15.9 Å². The van der Waals surface area contributed by atoms with E-state index >= 15 is 0 Å². The van der Waals surface area contributed by atoms with Gasteiger partial charge in [0, 0.05) is 18.7 Å². The van der Waals surface area contributed by atoms with Crippen LogP contribution in [0.1, 0.15) is 41.6 Å². The molecular formula is C22H26N2O3S. The molecule has 0 saturated heterocycles. The number of nitrogens with zero attached hydrogens (tertiary/aromatic N) is 1. The molecule has 0 aliphatic heterocycles. The van der Waals surface area contributed by atoms with E-state index in [0.717, 1.165) is 17.9 Å². The Morgan fingerprint density at radius 2 is 1.82 bits per heavy atom. The summed E-state index contributed by atoms with van der Waals surface area (Å²) in [6.45, 7) is 1.85. The predicted octanol–water partition coefficient (Wildman–Crippen LogP) is 3.74. The first-order chi connectivity index (χ1) is 13.4. The summed E-state index contributed by atoms with van der Waals surface area (Å²) in [5, 5.41) is 3.18. The first-order valence-electron chi connectivity index (χ1n) is 9.82. The van der Waals surface area contributed by atoms with E-state index in [1.807, 2.05) is 13.0 Å². The van der Waals surface area contributed by atoms with Gasteiger partial charge in [0.05, 0.1) is 10.6 Å². The minimum absolute atomic E-state index is 0.121. The molecule has 0 heterocycles. The second-order valence-electron chi connectivity index (χ2n) is 8.04. The fraction of sp³-hybridized carbons (Fsp3) is 0.409. The van der Waals surface area contributed by atoms with E-state index in [9.17, 15) is 13.2 Å². The normalized spacial score (nSPS) is 23.6. The number of nitrogens with one attached hydrogen (secondary N) is 1. The molecule has 4 rings (SSSR count). The molecule has 0 aromatic heterocycles. The van der Waals surface area contributed by atoms with Gasteiger partial charge in [-0.1, -0.05) is 30.7 Å². The average molecular weight is 399 g/mol. The van der Waals surface area contributed by atoms with Crippen LogP contribution in [-0.2, 0) is 10.0 Å². The summed E-state index contributed by atoms with van der Waals surface area (Å²) in [5.41, 5.74) is 1.82. The number of fused-ring (bicyclic) bond motifs is 2. The van der Waals surface area contributed by atoms with E-state index in [2.05, 4.69) is 5.32 Å². The number of rotatable bonds is 5. The van der Waals surface area contributed by atoms with Gasteiger partial charge in [0.1, 0.15) is 0 Å². The van der Waals surface area contributed by atoms with Gasteiger partial charge in [0.15, 0.2) is 0 Å². The van der Waals surface area contributed by atoms with Crippen LogP contribution in [-0.4, -0.2) is 27.4 Å².